The fourth-order valence-corrected chi connectivity index (χ4v) is 1.41. The Kier molecular flexibility index (Phi) is 9.92. The van der Waals surface area contributed by atoms with Crippen LogP contribution in [0, 0.1) is 0 Å². The third-order valence-corrected chi connectivity index (χ3v) is 2.38. The van der Waals surface area contributed by atoms with Gasteiger partial charge in [0.15, 0.2) is 0 Å². The van der Waals surface area contributed by atoms with Crippen LogP contribution < -0.4 is 0 Å². The predicted molar refractivity (Wildman–Crippen MR) is 96.3 cm³/mol. The molecule has 0 saturated heterocycles. The van der Waals surface area contributed by atoms with Gasteiger partial charge in [0.25, 0.3) is 0 Å². The van der Waals surface area contributed by atoms with Gasteiger partial charge in [-0.2, -0.15) is 0 Å². The second-order valence-electron chi connectivity index (χ2n) is 3.76. The van der Waals surface area contributed by atoms with Crippen molar-refractivity contribution < 1.29 is 0 Å². The van der Waals surface area contributed by atoms with E-state index in [1.54, 1.807) is 30.6 Å². The first-order valence-corrected chi connectivity index (χ1v) is 6.69. The van der Waals surface area contributed by atoms with Gasteiger partial charge in [0, 0.05) is 12.4 Å². The van der Waals surface area contributed by atoms with Crippen LogP contribution in [0.5, 0.6) is 0 Å². The Labute approximate surface area is 127 Å². The highest BCUT2D eigenvalue weighted by Crippen LogP contribution is 2.09. The molecule has 0 aliphatic carbocycles. The molecule has 0 aromatic heterocycles. The van der Waals surface area contributed by atoms with Crippen LogP contribution >= 0.6 is 0 Å². The largest absolute Gasteiger partial charge is 0.255 e. The van der Waals surface area contributed by atoms with E-state index in [2.05, 4.69) is 34.7 Å². The molecule has 0 atom stereocenters. The van der Waals surface area contributed by atoms with Crippen molar-refractivity contribution in [2.45, 2.75) is 20.8 Å². The molecule has 3 heteroatoms. The van der Waals surface area contributed by atoms with Crippen LogP contribution in [0.3, 0.4) is 0 Å². The van der Waals surface area contributed by atoms with Crippen molar-refractivity contribution in [1.29, 1.82) is 0 Å². The Morgan fingerprint density at radius 2 is 1.48 bits per heavy atom. The summed E-state index contributed by atoms with van der Waals surface area (Å²) in [6.45, 7) is 16.9. The lowest BCUT2D eigenvalue weighted by Gasteiger charge is -2.05. The molecular formula is C18H23N3. The number of hydrogen-bond donors (Lipinski definition) is 0. The van der Waals surface area contributed by atoms with E-state index in [1.165, 1.54) is 0 Å². The molecule has 0 aromatic rings. The van der Waals surface area contributed by atoms with E-state index in [4.69, 9.17) is 0 Å². The third kappa shape index (κ3) is 6.43. The van der Waals surface area contributed by atoms with Gasteiger partial charge in [-0.15, -0.1) is 0 Å². The minimum Gasteiger partial charge on any atom is -0.255 e. The summed E-state index contributed by atoms with van der Waals surface area (Å²) in [4.78, 5) is 13.1. The summed E-state index contributed by atoms with van der Waals surface area (Å²) in [5.74, 6) is 0. The van der Waals surface area contributed by atoms with E-state index >= 15 is 0 Å². The van der Waals surface area contributed by atoms with E-state index in [-0.39, 0.29) is 0 Å². The van der Waals surface area contributed by atoms with Crippen LogP contribution in [0.1, 0.15) is 20.8 Å². The SMILES string of the molecule is C=CC=NC(=C\C)/C(C=C)=N/C(=C\C)C(/C=C)=N\C=C/C. The smallest absolute Gasteiger partial charge is 0.0884 e. The van der Waals surface area contributed by atoms with Gasteiger partial charge in [0.05, 0.1) is 22.8 Å². The molecule has 0 fully saturated rings. The van der Waals surface area contributed by atoms with Gasteiger partial charge in [-0.05, 0) is 32.9 Å². The second kappa shape index (κ2) is 11.3. The molecule has 0 unspecified atom stereocenters. The van der Waals surface area contributed by atoms with Crippen LogP contribution in [0.25, 0.3) is 0 Å². The zero-order valence-corrected chi connectivity index (χ0v) is 13.1. The summed E-state index contributed by atoms with van der Waals surface area (Å²) in [6.07, 6.45) is 13.9. The molecule has 0 spiro atoms. The first-order valence-electron chi connectivity index (χ1n) is 6.69. The van der Waals surface area contributed by atoms with E-state index in [0.717, 1.165) is 5.70 Å². The molecule has 0 rings (SSSR count). The molecule has 0 aromatic carbocycles. The highest BCUT2D eigenvalue weighted by atomic mass is 14.9. The van der Waals surface area contributed by atoms with Crippen molar-refractivity contribution in [2.24, 2.45) is 15.0 Å². The number of nitrogens with zero attached hydrogens (tertiary/aromatic N) is 3. The van der Waals surface area contributed by atoms with Gasteiger partial charge >= 0.3 is 0 Å². The molecule has 0 bridgehead atoms. The van der Waals surface area contributed by atoms with Crippen molar-refractivity contribution >= 4 is 17.6 Å². The summed E-state index contributed by atoms with van der Waals surface area (Å²) in [7, 11) is 0. The molecular weight excluding hydrogens is 258 g/mol. The van der Waals surface area contributed by atoms with Crippen molar-refractivity contribution in [3.05, 3.63) is 73.8 Å². The van der Waals surface area contributed by atoms with Crippen molar-refractivity contribution in [3.8, 4) is 0 Å². The molecule has 0 N–H and O–H groups in total. The number of hydrogen-bond acceptors (Lipinski definition) is 3. The predicted octanol–water partition coefficient (Wildman–Crippen LogP) is 4.84. The number of aliphatic imine (C=N–C) groups is 3. The van der Waals surface area contributed by atoms with Gasteiger partial charge in [0.2, 0.25) is 0 Å². The number of allylic oxidation sites excluding steroid dienone is 6. The van der Waals surface area contributed by atoms with Crippen molar-refractivity contribution in [1.82, 2.24) is 0 Å². The molecule has 0 aliphatic rings. The van der Waals surface area contributed by atoms with Crippen LogP contribution in [-0.4, -0.2) is 17.6 Å². The Balaban J connectivity index is 5.75. The Morgan fingerprint density at radius 1 is 0.857 bits per heavy atom. The molecule has 0 amide bonds. The number of rotatable bonds is 8. The highest BCUT2D eigenvalue weighted by Gasteiger charge is 2.05. The van der Waals surface area contributed by atoms with E-state index in [0.29, 0.717) is 17.1 Å². The lowest BCUT2D eigenvalue weighted by molar-refractivity contribution is 1.36. The van der Waals surface area contributed by atoms with Crippen molar-refractivity contribution in [3.63, 3.8) is 0 Å². The van der Waals surface area contributed by atoms with Gasteiger partial charge in [-0.1, -0.05) is 44.0 Å². The summed E-state index contributed by atoms with van der Waals surface area (Å²) < 4.78 is 0. The van der Waals surface area contributed by atoms with E-state index in [9.17, 15) is 0 Å². The minimum absolute atomic E-state index is 0.665. The van der Waals surface area contributed by atoms with Crippen LogP contribution in [-0.2, 0) is 0 Å². The van der Waals surface area contributed by atoms with E-state index in [1.807, 2.05) is 39.0 Å². The maximum absolute atomic E-state index is 4.57. The van der Waals surface area contributed by atoms with E-state index < -0.39 is 0 Å². The Hall–Kier alpha value is -2.55. The lowest BCUT2D eigenvalue weighted by atomic mass is 10.2. The van der Waals surface area contributed by atoms with Gasteiger partial charge in [0.1, 0.15) is 0 Å². The summed E-state index contributed by atoms with van der Waals surface area (Å²) in [6, 6.07) is 0. The monoisotopic (exact) mass is 281 g/mol. The minimum atomic E-state index is 0.665. The first-order chi connectivity index (χ1) is 10.2. The second-order valence-corrected chi connectivity index (χ2v) is 3.76. The molecule has 110 valence electrons. The van der Waals surface area contributed by atoms with Gasteiger partial charge in [-0.25, -0.2) is 4.99 Å². The maximum atomic E-state index is 4.57. The first kappa shape index (κ1) is 18.4. The van der Waals surface area contributed by atoms with Crippen LogP contribution in [0.2, 0.25) is 0 Å². The molecule has 0 saturated carbocycles. The molecule has 0 radical (unpaired) electrons. The molecule has 0 heterocycles. The highest BCUT2D eigenvalue weighted by molar-refractivity contribution is 6.14. The fourth-order valence-electron chi connectivity index (χ4n) is 1.41. The average Bonchev–Trinajstić information content (AvgIpc) is 2.52. The average molecular weight is 281 g/mol. The summed E-state index contributed by atoms with van der Waals surface area (Å²) >= 11 is 0. The zero-order valence-electron chi connectivity index (χ0n) is 13.1. The third-order valence-electron chi connectivity index (χ3n) is 2.38. The van der Waals surface area contributed by atoms with Crippen LogP contribution in [0.4, 0.5) is 0 Å². The topological polar surface area (TPSA) is 37.1 Å². The molecule has 21 heavy (non-hydrogen) atoms. The van der Waals surface area contributed by atoms with Gasteiger partial charge in [-0.3, -0.25) is 9.98 Å². The standard InChI is InChI=1S/C18H23N3/c1-7-13-19-15(9-3)17(11-5)21-18(12-6)16(10-4)20-14-8-2/h7-14H,1,4-5H2,2-3,6H3/b14-8-,15-9-,18-12-,19-13?,20-16-,21-17+. The Morgan fingerprint density at radius 3 is 1.90 bits per heavy atom. The lowest BCUT2D eigenvalue weighted by Crippen LogP contribution is -2.03. The quantitative estimate of drug-likeness (QED) is 0.571. The van der Waals surface area contributed by atoms with Crippen LogP contribution in [0.15, 0.2) is 88.8 Å². The Bertz CT molecular complexity index is 553. The normalized spacial score (nSPS) is 14.8. The fraction of sp³-hybridized carbons (Fsp3) is 0.167. The molecule has 0 aliphatic heterocycles. The molecule has 3 nitrogen and oxygen atoms in total. The maximum Gasteiger partial charge on any atom is 0.0884 e. The summed E-state index contributed by atoms with van der Waals surface area (Å²) in [5, 5.41) is 0. The van der Waals surface area contributed by atoms with Gasteiger partial charge < -0.3 is 0 Å². The summed E-state index contributed by atoms with van der Waals surface area (Å²) in [5.41, 5.74) is 2.79. The zero-order chi connectivity index (χ0) is 16.1. The van der Waals surface area contributed by atoms with Crippen molar-refractivity contribution in [2.75, 3.05) is 0 Å².